The summed E-state index contributed by atoms with van der Waals surface area (Å²) in [5.41, 5.74) is 0. The fourth-order valence-electron chi connectivity index (χ4n) is 1.80. The van der Waals surface area contributed by atoms with Crippen molar-refractivity contribution < 1.29 is 4.79 Å². The van der Waals surface area contributed by atoms with Crippen LogP contribution in [-0.4, -0.2) is 22.1 Å². The monoisotopic (exact) mass is 345 g/mol. The molecule has 2 aromatic heterocycles. The van der Waals surface area contributed by atoms with Gasteiger partial charge in [0.2, 0.25) is 11.0 Å². The maximum atomic E-state index is 11.7. The van der Waals surface area contributed by atoms with Gasteiger partial charge in [-0.15, -0.1) is 21.5 Å². The zero-order valence-corrected chi connectivity index (χ0v) is 13.9. The zero-order chi connectivity index (χ0) is 14.1. The van der Waals surface area contributed by atoms with Crippen LogP contribution in [0.15, 0.2) is 16.5 Å². The van der Waals surface area contributed by atoms with E-state index in [1.54, 1.807) is 34.9 Å². The van der Waals surface area contributed by atoms with E-state index in [4.69, 9.17) is 11.6 Å². The van der Waals surface area contributed by atoms with Gasteiger partial charge in [0, 0.05) is 23.6 Å². The second-order valence-corrected chi connectivity index (χ2v) is 8.44. The molecule has 1 saturated carbocycles. The van der Waals surface area contributed by atoms with Gasteiger partial charge in [-0.05, 0) is 25.0 Å². The van der Waals surface area contributed by atoms with Gasteiger partial charge < -0.3 is 0 Å². The quantitative estimate of drug-likeness (QED) is 0.605. The van der Waals surface area contributed by atoms with Gasteiger partial charge in [-0.1, -0.05) is 34.7 Å². The molecule has 0 N–H and O–H groups in total. The van der Waals surface area contributed by atoms with Gasteiger partial charge in [-0.3, -0.25) is 9.69 Å². The summed E-state index contributed by atoms with van der Waals surface area (Å²) in [4.78, 5) is 14.6. The highest BCUT2D eigenvalue weighted by Crippen LogP contribution is 2.37. The number of carbonyl (C=O) groups is 1. The SMILES string of the molecule is CC(=O)N(c1nnc(SCc2ccc(Cl)s2)s1)C1CC1. The molecule has 0 bridgehead atoms. The van der Waals surface area contributed by atoms with E-state index in [-0.39, 0.29) is 5.91 Å². The minimum Gasteiger partial charge on any atom is -0.284 e. The summed E-state index contributed by atoms with van der Waals surface area (Å²) in [6, 6.07) is 4.25. The Morgan fingerprint density at radius 1 is 1.45 bits per heavy atom. The summed E-state index contributed by atoms with van der Waals surface area (Å²) in [7, 11) is 0. The van der Waals surface area contributed by atoms with Gasteiger partial charge in [0.25, 0.3) is 0 Å². The summed E-state index contributed by atoms with van der Waals surface area (Å²) in [6.07, 6.45) is 2.13. The Hall–Kier alpha value is -0.630. The summed E-state index contributed by atoms with van der Waals surface area (Å²) in [5.74, 6) is 0.875. The first-order valence-electron chi connectivity index (χ1n) is 6.14. The molecule has 0 radical (unpaired) electrons. The summed E-state index contributed by atoms with van der Waals surface area (Å²) in [6.45, 7) is 1.58. The van der Waals surface area contributed by atoms with Crippen molar-refractivity contribution in [3.63, 3.8) is 0 Å². The number of halogens is 1. The number of amides is 1. The van der Waals surface area contributed by atoms with Gasteiger partial charge in [-0.2, -0.15) is 0 Å². The lowest BCUT2D eigenvalue weighted by molar-refractivity contribution is -0.116. The van der Waals surface area contributed by atoms with E-state index in [2.05, 4.69) is 10.2 Å². The average molecular weight is 346 g/mol. The van der Waals surface area contributed by atoms with Crippen molar-refractivity contribution >= 4 is 57.1 Å². The molecule has 1 aliphatic carbocycles. The molecular formula is C12H12ClN3OS3. The third-order valence-electron chi connectivity index (χ3n) is 2.82. The first kappa shape index (κ1) is 14.3. The molecule has 4 nitrogen and oxygen atoms in total. The van der Waals surface area contributed by atoms with E-state index < -0.39 is 0 Å². The third kappa shape index (κ3) is 3.33. The molecule has 1 aliphatic rings. The fraction of sp³-hybridized carbons (Fsp3) is 0.417. The Bertz CT molecular complexity index is 623. The van der Waals surface area contributed by atoms with Gasteiger partial charge in [-0.25, -0.2) is 0 Å². The number of anilines is 1. The largest absolute Gasteiger partial charge is 0.284 e. The van der Waals surface area contributed by atoms with Crippen LogP contribution < -0.4 is 4.90 Å². The molecule has 0 unspecified atom stereocenters. The van der Waals surface area contributed by atoms with Crippen LogP contribution in [0.5, 0.6) is 0 Å². The molecule has 2 heterocycles. The Morgan fingerprint density at radius 3 is 2.85 bits per heavy atom. The molecule has 1 fully saturated rings. The van der Waals surface area contributed by atoms with Crippen LogP contribution in [0.3, 0.4) is 0 Å². The Balaban J connectivity index is 1.65. The number of carbonyl (C=O) groups excluding carboxylic acids is 1. The van der Waals surface area contributed by atoms with E-state index in [9.17, 15) is 4.79 Å². The van der Waals surface area contributed by atoms with Crippen LogP contribution in [-0.2, 0) is 10.5 Å². The Labute approximate surface area is 134 Å². The van der Waals surface area contributed by atoms with Crippen molar-refractivity contribution in [3.05, 3.63) is 21.3 Å². The van der Waals surface area contributed by atoms with Crippen molar-refractivity contribution in [3.8, 4) is 0 Å². The summed E-state index contributed by atoms with van der Waals surface area (Å²) >= 11 is 10.6. The molecule has 0 spiro atoms. The fourth-order valence-corrected chi connectivity index (χ4v) is 4.89. The van der Waals surface area contributed by atoms with Crippen LogP contribution >= 0.6 is 46.0 Å². The first-order valence-corrected chi connectivity index (χ1v) is 9.13. The Kier molecular flexibility index (Phi) is 4.30. The molecule has 106 valence electrons. The molecule has 0 saturated heterocycles. The molecular weight excluding hydrogens is 334 g/mol. The Morgan fingerprint density at radius 2 is 2.25 bits per heavy atom. The van der Waals surface area contributed by atoms with Crippen molar-refractivity contribution in [2.24, 2.45) is 0 Å². The van der Waals surface area contributed by atoms with E-state index in [0.29, 0.717) is 11.2 Å². The van der Waals surface area contributed by atoms with E-state index in [1.807, 2.05) is 12.1 Å². The lowest BCUT2D eigenvalue weighted by Crippen LogP contribution is -2.30. The lowest BCUT2D eigenvalue weighted by atomic mass is 10.5. The van der Waals surface area contributed by atoms with Crippen molar-refractivity contribution in [1.82, 2.24) is 10.2 Å². The minimum absolute atomic E-state index is 0.0465. The summed E-state index contributed by atoms with van der Waals surface area (Å²) < 4.78 is 1.69. The molecule has 0 aliphatic heterocycles. The number of rotatable bonds is 5. The number of hydrogen-bond donors (Lipinski definition) is 0. The highest BCUT2D eigenvalue weighted by molar-refractivity contribution is 8.00. The molecule has 0 aromatic carbocycles. The van der Waals surface area contributed by atoms with E-state index in [0.717, 1.165) is 27.3 Å². The van der Waals surface area contributed by atoms with E-state index >= 15 is 0 Å². The number of thioether (sulfide) groups is 1. The van der Waals surface area contributed by atoms with Gasteiger partial charge in [0.15, 0.2) is 4.34 Å². The minimum atomic E-state index is 0.0465. The zero-order valence-electron chi connectivity index (χ0n) is 10.7. The van der Waals surface area contributed by atoms with Crippen molar-refractivity contribution in [2.45, 2.75) is 35.9 Å². The van der Waals surface area contributed by atoms with Crippen LogP contribution in [0, 0.1) is 0 Å². The normalized spacial score (nSPS) is 14.5. The van der Waals surface area contributed by atoms with Crippen LogP contribution in [0.25, 0.3) is 0 Å². The average Bonchev–Trinajstić information content (AvgIpc) is 2.95. The third-order valence-corrected chi connectivity index (χ3v) is 6.34. The first-order chi connectivity index (χ1) is 9.63. The summed E-state index contributed by atoms with van der Waals surface area (Å²) in [5, 5.41) is 9.02. The predicted octanol–water partition coefficient (Wildman–Crippen LogP) is 4.06. The smallest absolute Gasteiger partial charge is 0.225 e. The number of hydrogen-bond acceptors (Lipinski definition) is 6. The molecule has 8 heteroatoms. The molecule has 1 amide bonds. The number of aromatic nitrogens is 2. The number of nitrogens with zero attached hydrogens (tertiary/aromatic N) is 3. The highest BCUT2D eigenvalue weighted by atomic mass is 35.5. The second-order valence-electron chi connectivity index (χ2n) is 4.47. The standard InChI is InChI=1S/C12H12ClN3OS3/c1-7(17)16(8-2-3-8)11-14-15-12(20-11)18-6-9-4-5-10(13)19-9/h4-5,8H,2-3,6H2,1H3. The van der Waals surface area contributed by atoms with Gasteiger partial charge in [0.05, 0.1) is 4.34 Å². The maximum absolute atomic E-state index is 11.7. The maximum Gasteiger partial charge on any atom is 0.225 e. The molecule has 20 heavy (non-hydrogen) atoms. The van der Waals surface area contributed by atoms with Crippen LogP contribution in [0.1, 0.15) is 24.6 Å². The van der Waals surface area contributed by atoms with Crippen LogP contribution in [0.2, 0.25) is 4.34 Å². The highest BCUT2D eigenvalue weighted by Gasteiger charge is 2.34. The lowest BCUT2D eigenvalue weighted by Gasteiger charge is -2.15. The van der Waals surface area contributed by atoms with E-state index in [1.165, 1.54) is 16.2 Å². The topological polar surface area (TPSA) is 46.1 Å². The van der Waals surface area contributed by atoms with Crippen LogP contribution in [0.4, 0.5) is 5.13 Å². The number of thiophene rings is 1. The van der Waals surface area contributed by atoms with Gasteiger partial charge >= 0.3 is 0 Å². The second kappa shape index (κ2) is 6.01. The molecule has 2 aromatic rings. The van der Waals surface area contributed by atoms with Crippen molar-refractivity contribution in [2.75, 3.05) is 4.90 Å². The van der Waals surface area contributed by atoms with Crippen molar-refractivity contribution in [1.29, 1.82) is 0 Å². The predicted molar refractivity (Wildman–Crippen MR) is 85.0 cm³/mol. The van der Waals surface area contributed by atoms with Gasteiger partial charge in [0.1, 0.15) is 0 Å². The molecule has 3 rings (SSSR count). The molecule has 0 atom stereocenters.